The molecule has 0 bridgehead atoms. The second-order valence-electron chi connectivity index (χ2n) is 3.69. The van der Waals surface area contributed by atoms with Crippen LogP contribution in [0.4, 0.5) is 5.82 Å². The quantitative estimate of drug-likeness (QED) is 0.826. The van der Waals surface area contributed by atoms with Crippen molar-refractivity contribution in [3.05, 3.63) is 36.3 Å². The standard InChI is InChI=1S/C12H16N4S/c1-3-13-11-5-4-10(8-15-11)9-17-12-14-6-7-16(12)2/h4-8H,3,9H2,1-2H3,(H,13,15). The minimum atomic E-state index is 0.893. The van der Waals surface area contributed by atoms with Crippen molar-refractivity contribution in [2.75, 3.05) is 11.9 Å². The van der Waals surface area contributed by atoms with E-state index in [1.165, 1.54) is 5.56 Å². The molecule has 0 spiro atoms. The summed E-state index contributed by atoms with van der Waals surface area (Å²) < 4.78 is 2.02. The van der Waals surface area contributed by atoms with E-state index in [9.17, 15) is 0 Å². The first-order chi connectivity index (χ1) is 8.29. The fourth-order valence-corrected chi connectivity index (χ4v) is 2.30. The zero-order valence-corrected chi connectivity index (χ0v) is 10.9. The lowest BCUT2D eigenvalue weighted by molar-refractivity contribution is 0.790. The van der Waals surface area contributed by atoms with Gasteiger partial charge in [0, 0.05) is 37.9 Å². The van der Waals surface area contributed by atoms with E-state index in [2.05, 4.69) is 28.3 Å². The van der Waals surface area contributed by atoms with Crippen LogP contribution in [0.5, 0.6) is 0 Å². The highest BCUT2D eigenvalue weighted by Crippen LogP contribution is 2.20. The van der Waals surface area contributed by atoms with Gasteiger partial charge in [-0.05, 0) is 18.6 Å². The topological polar surface area (TPSA) is 42.7 Å². The zero-order chi connectivity index (χ0) is 12.1. The van der Waals surface area contributed by atoms with Gasteiger partial charge < -0.3 is 9.88 Å². The normalized spacial score (nSPS) is 10.5. The number of nitrogens with zero attached hydrogens (tertiary/aromatic N) is 3. The number of hydrogen-bond acceptors (Lipinski definition) is 4. The molecule has 0 aliphatic carbocycles. The van der Waals surface area contributed by atoms with Crippen LogP contribution in [-0.2, 0) is 12.8 Å². The maximum absolute atomic E-state index is 4.34. The van der Waals surface area contributed by atoms with Crippen molar-refractivity contribution in [3.63, 3.8) is 0 Å². The molecule has 0 saturated carbocycles. The molecule has 2 aromatic heterocycles. The van der Waals surface area contributed by atoms with Gasteiger partial charge in [-0.3, -0.25) is 0 Å². The average molecular weight is 248 g/mol. The van der Waals surface area contributed by atoms with Crippen LogP contribution in [0.3, 0.4) is 0 Å². The van der Waals surface area contributed by atoms with Gasteiger partial charge in [0.25, 0.3) is 0 Å². The monoisotopic (exact) mass is 248 g/mol. The van der Waals surface area contributed by atoms with Crippen molar-refractivity contribution in [2.45, 2.75) is 17.8 Å². The summed E-state index contributed by atoms with van der Waals surface area (Å²) in [5.41, 5.74) is 1.21. The lowest BCUT2D eigenvalue weighted by Gasteiger charge is -2.04. The van der Waals surface area contributed by atoms with Gasteiger partial charge >= 0.3 is 0 Å². The maximum Gasteiger partial charge on any atom is 0.167 e. The lowest BCUT2D eigenvalue weighted by Crippen LogP contribution is -1.99. The second kappa shape index (κ2) is 5.72. The molecule has 2 heterocycles. The average Bonchev–Trinajstić information content (AvgIpc) is 2.75. The van der Waals surface area contributed by atoms with E-state index < -0.39 is 0 Å². The Bertz CT molecular complexity index is 464. The second-order valence-corrected chi connectivity index (χ2v) is 4.63. The van der Waals surface area contributed by atoms with E-state index in [4.69, 9.17) is 0 Å². The third-order valence-corrected chi connectivity index (χ3v) is 3.46. The van der Waals surface area contributed by atoms with Gasteiger partial charge in [0.1, 0.15) is 5.82 Å². The Hall–Kier alpha value is -1.49. The molecule has 0 aliphatic rings. The molecule has 1 N–H and O–H groups in total. The summed E-state index contributed by atoms with van der Waals surface area (Å²) in [4.78, 5) is 8.61. The van der Waals surface area contributed by atoms with Crippen LogP contribution in [0.2, 0.25) is 0 Å². The minimum absolute atomic E-state index is 0.893. The molecule has 0 amide bonds. The van der Waals surface area contributed by atoms with E-state index in [0.717, 1.165) is 23.3 Å². The molecule has 0 radical (unpaired) electrons. The fraction of sp³-hybridized carbons (Fsp3) is 0.333. The smallest absolute Gasteiger partial charge is 0.167 e. The molecule has 0 aliphatic heterocycles. The number of imidazole rings is 1. The van der Waals surface area contributed by atoms with Gasteiger partial charge in [0.15, 0.2) is 5.16 Å². The molecule has 0 atom stereocenters. The summed E-state index contributed by atoms with van der Waals surface area (Å²) in [6.45, 7) is 2.96. The summed E-state index contributed by atoms with van der Waals surface area (Å²) in [5, 5.41) is 4.21. The summed E-state index contributed by atoms with van der Waals surface area (Å²) in [7, 11) is 2.00. The SMILES string of the molecule is CCNc1ccc(CSc2nccn2C)cn1. The van der Waals surface area contributed by atoms with Crippen LogP contribution in [0.25, 0.3) is 0 Å². The predicted octanol–water partition coefficient (Wildman–Crippen LogP) is 2.54. The summed E-state index contributed by atoms with van der Waals surface area (Å²) in [6, 6.07) is 4.11. The van der Waals surface area contributed by atoms with Gasteiger partial charge in [-0.1, -0.05) is 17.8 Å². The first-order valence-corrected chi connectivity index (χ1v) is 6.57. The van der Waals surface area contributed by atoms with Gasteiger partial charge in [-0.25, -0.2) is 9.97 Å². The van der Waals surface area contributed by atoms with E-state index >= 15 is 0 Å². The number of nitrogens with one attached hydrogen (secondary N) is 1. The molecular weight excluding hydrogens is 232 g/mol. The van der Waals surface area contributed by atoms with Gasteiger partial charge in [-0.2, -0.15) is 0 Å². The zero-order valence-electron chi connectivity index (χ0n) is 10.1. The molecule has 2 aromatic rings. The van der Waals surface area contributed by atoms with Crippen molar-refractivity contribution in [1.82, 2.24) is 14.5 Å². The summed E-state index contributed by atoms with van der Waals surface area (Å²) >= 11 is 1.72. The number of hydrogen-bond donors (Lipinski definition) is 1. The molecule has 2 rings (SSSR count). The molecule has 0 fully saturated rings. The number of pyridine rings is 1. The van der Waals surface area contributed by atoms with Gasteiger partial charge in [0.2, 0.25) is 0 Å². The van der Waals surface area contributed by atoms with Gasteiger partial charge in [-0.15, -0.1) is 0 Å². The Kier molecular flexibility index (Phi) is 4.03. The van der Waals surface area contributed by atoms with Crippen molar-refractivity contribution in [1.29, 1.82) is 0 Å². The minimum Gasteiger partial charge on any atom is -0.370 e. The van der Waals surface area contributed by atoms with Crippen molar-refractivity contribution in [2.24, 2.45) is 7.05 Å². The highest BCUT2D eigenvalue weighted by atomic mass is 32.2. The molecule has 17 heavy (non-hydrogen) atoms. The highest BCUT2D eigenvalue weighted by molar-refractivity contribution is 7.98. The van der Waals surface area contributed by atoms with Crippen LogP contribution in [-0.4, -0.2) is 21.1 Å². The third-order valence-electron chi connectivity index (χ3n) is 2.33. The van der Waals surface area contributed by atoms with E-state index in [1.807, 2.05) is 36.3 Å². The molecule has 0 aromatic carbocycles. The van der Waals surface area contributed by atoms with Crippen LogP contribution in [0, 0.1) is 0 Å². The molecule has 5 heteroatoms. The van der Waals surface area contributed by atoms with Crippen LogP contribution in [0.15, 0.2) is 35.9 Å². The third kappa shape index (κ3) is 3.23. The fourth-order valence-electron chi connectivity index (χ4n) is 1.43. The Morgan fingerprint density at radius 2 is 2.24 bits per heavy atom. The van der Waals surface area contributed by atoms with Crippen LogP contribution >= 0.6 is 11.8 Å². The van der Waals surface area contributed by atoms with E-state index in [0.29, 0.717) is 0 Å². The molecule has 90 valence electrons. The largest absolute Gasteiger partial charge is 0.370 e. The number of aryl methyl sites for hydroxylation is 1. The number of anilines is 1. The predicted molar refractivity (Wildman–Crippen MR) is 71.2 cm³/mol. The first-order valence-electron chi connectivity index (χ1n) is 5.58. The number of rotatable bonds is 5. The maximum atomic E-state index is 4.34. The van der Waals surface area contributed by atoms with E-state index in [1.54, 1.807) is 11.8 Å². The summed E-state index contributed by atoms with van der Waals surface area (Å²) in [5.74, 6) is 1.82. The summed E-state index contributed by atoms with van der Waals surface area (Å²) in [6.07, 6.45) is 5.68. The van der Waals surface area contributed by atoms with E-state index in [-0.39, 0.29) is 0 Å². The Morgan fingerprint density at radius 3 is 2.82 bits per heavy atom. The van der Waals surface area contributed by atoms with Crippen molar-refractivity contribution >= 4 is 17.6 Å². The van der Waals surface area contributed by atoms with Crippen LogP contribution in [0.1, 0.15) is 12.5 Å². The van der Waals surface area contributed by atoms with Crippen molar-refractivity contribution in [3.8, 4) is 0 Å². The number of thioether (sulfide) groups is 1. The van der Waals surface area contributed by atoms with Crippen molar-refractivity contribution < 1.29 is 0 Å². The lowest BCUT2D eigenvalue weighted by atomic mass is 10.3. The highest BCUT2D eigenvalue weighted by Gasteiger charge is 2.01. The van der Waals surface area contributed by atoms with Gasteiger partial charge in [0.05, 0.1) is 0 Å². The molecule has 4 nitrogen and oxygen atoms in total. The molecule has 0 unspecified atom stereocenters. The van der Waals surface area contributed by atoms with Crippen LogP contribution < -0.4 is 5.32 Å². The molecular formula is C12H16N4S. The Labute approximate surface area is 105 Å². The first kappa shape index (κ1) is 12.0. The number of aromatic nitrogens is 3. The Morgan fingerprint density at radius 1 is 1.35 bits per heavy atom. The Balaban J connectivity index is 1.93. The molecule has 0 saturated heterocycles.